The Balaban J connectivity index is 2.03. The fraction of sp³-hybridized carbons (Fsp3) is 0.160. The number of nitro groups is 2. The number of nitrogens with zero attached hydrogens (tertiary/aromatic N) is 3. The number of nitrogen functional groups attached to an aromatic ring is 1. The third-order valence-electron chi connectivity index (χ3n) is 5.80. The molecule has 1 aliphatic rings. The van der Waals surface area contributed by atoms with Gasteiger partial charge in [-0.2, -0.15) is 0 Å². The highest BCUT2D eigenvalue weighted by Crippen LogP contribution is 2.40. The van der Waals surface area contributed by atoms with Crippen LogP contribution in [0.1, 0.15) is 38.6 Å². The lowest BCUT2D eigenvalue weighted by atomic mass is 10.1. The molecule has 0 bridgehead atoms. The third kappa shape index (κ3) is 4.96. The lowest BCUT2D eigenvalue weighted by Gasteiger charge is -2.23. The third-order valence-corrected chi connectivity index (χ3v) is 7.11. The van der Waals surface area contributed by atoms with Crippen molar-refractivity contribution in [3.63, 3.8) is 0 Å². The number of nitrogens with two attached hydrogens (primary N) is 1. The van der Waals surface area contributed by atoms with Gasteiger partial charge in [-0.15, -0.1) is 0 Å². The molecule has 1 atom stereocenters. The molecule has 0 saturated heterocycles. The quantitative estimate of drug-likeness (QED) is 0.257. The number of non-ortho nitro benzene ring substituents is 2. The van der Waals surface area contributed by atoms with Gasteiger partial charge in [0, 0.05) is 29.5 Å². The topological polar surface area (TPSA) is 187 Å². The number of hydrogen-bond donors (Lipinski definition) is 1. The summed E-state index contributed by atoms with van der Waals surface area (Å²) in [6.07, 6.45) is 1.48. The first-order valence-electron chi connectivity index (χ1n) is 11.3. The molecule has 14 heteroatoms. The van der Waals surface area contributed by atoms with Crippen molar-refractivity contribution in [2.45, 2.75) is 12.2 Å². The molecule has 1 aliphatic heterocycles. The molecule has 4 rings (SSSR count). The fourth-order valence-electron chi connectivity index (χ4n) is 4.02. The van der Waals surface area contributed by atoms with Crippen molar-refractivity contribution in [1.82, 2.24) is 4.57 Å². The number of anilines is 1. The number of benzene rings is 2. The first-order valence-corrected chi connectivity index (χ1v) is 12.2. The highest BCUT2D eigenvalue weighted by molar-refractivity contribution is 8.10. The summed E-state index contributed by atoms with van der Waals surface area (Å²) in [7, 11) is 1.15. The second-order valence-electron chi connectivity index (χ2n) is 8.08. The SMILES string of the molecule is CCOC(=O)c1c(N)/c(=C\c2ccc([N+](=O)[O-])cc2)c2n1C(=O)[C@@H](c1ccc([N+](=O)[O-])cc1)SC=2C(=O)OC. The lowest BCUT2D eigenvalue weighted by Crippen LogP contribution is -2.42. The minimum Gasteiger partial charge on any atom is -0.465 e. The van der Waals surface area contributed by atoms with Gasteiger partial charge < -0.3 is 15.2 Å². The van der Waals surface area contributed by atoms with Crippen LogP contribution < -0.4 is 16.3 Å². The monoisotopic (exact) mass is 552 g/mol. The Bertz CT molecular complexity index is 1640. The molecule has 0 radical (unpaired) electrons. The molecule has 1 aromatic heterocycles. The van der Waals surface area contributed by atoms with E-state index in [4.69, 9.17) is 15.2 Å². The van der Waals surface area contributed by atoms with Crippen molar-refractivity contribution in [2.24, 2.45) is 0 Å². The number of hydrogen-bond acceptors (Lipinski definition) is 11. The van der Waals surface area contributed by atoms with Gasteiger partial charge in [-0.1, -0.05) is 23.9 Å². The molecule has 0 fully saturated rings. The zero-order valence-corrected chi connectivity index (χ0v) is 21.3. The second-order valence-corrected chi connectivity index (χ2v) is 9.19. The van der Waals surface area contributed by atoms with Gasteiger partial charge in [0.1, 0.15) is 10.2 Å². The maximum absolute atomic E-state index is 13.9. The molecule has 0 saturated carbocycles. The zero-order valence-electron chi connectivity index (χ0n) is 20.5. The Kier molecular flexibility index (Phi) is 7.49. The van der Waals surface area contributed by atoms with Crippen molar-refractivity contribution in [3.8, 4) is 0 Å². The van der Waals surface area contributed by atoms with Crippen LogP contribution in [0.25, 0.3) is 11.0 Å². The van der Waals surface area contributed by atoms with Crippen LogP contribution >= 0.6 is 11.8 Å². The van der Waals surface area contributed by atoms with Crippen molar-refractivity contribution in [2.75, 3.05) is 19.5 Å². The molecule has 13 nitrogen and oxygen atoms in total. The number of fused-ring (bicyclic) bond motifs is 1. The van der Waals surface area contributed by atoms with Crippen LogP contribution in [0.2, 0.25) is 0 Å². The number of esters is 2. The standard InChI is InChI=1S/C25H20N4O9S/c1-3-38-24(31)20-18(26)17(12-13-4-8-15(9-5-13)28(33)34)19-22(25(32)37-2)39-21(23(30)27(19)20)14-6-10-16(11-7-14)29(35)36/h4-12,21H,3,26H2,1-2H3/b17-12+/t21-/m1/s1. The Hall–Kier alpha value is -4.98. The molecule has 2 heterocycles. The average molecular weight is 553 g/mol. The van der Waals surface area contributed by atoms with Crippen molar-refractivity contribution < 1.29 is 33.7 Å². The molecular formula is C25H20N4O9S. The largest absolute Gasteiger partial charge is 0.465 e. The summed E-state index contributed by atoms with van der Waals surface area (Å²) in [6, 6.07) is 10.6. The molecule has 2 aromatic carbocycles. The summed E-state index contributed by atoms with van der Waals surface area (Å²) >= 11 is 0.845. The maximum Gasteiger partial charge on any atom is 0.357 e. The van der Waals surface area contributed by atoms with Crippen LogP contribution in [0, 0.1) is 20.2 Å². The fourth-order valence-corrected chi connectivity index (χ4v) is 5.25. The van der Waals surface area contributed by atoms with E-state index in [0.717, 1.165) is 23.4 Å². The number of thioether (sulfide) groups is 1. The van der Waals surface area contributed by atoms with Gasteiger partial charge in [0.05, 0.1) is 34.6 Å². The van der Waals surface area contributed by atoms with Crippen LogP contribution in [0.5, 0.6) is 0 Å². The van der Waals surface area contributed by atoms with Crippen LogP contribution in [-0.4, -0.2) is 46.0 Å². The summed E-state index contributed by atoms with van der Waals surface area (Å²) in [5.41, 5.74) is 6.36. The predicted octanol–water partition coefficient (Wildman–Crippen LogP) is 2.30. The zero-order chi connectivity index (χ0) is 28.4. The minimum absolute atomic E-state index is 0.00563. The van der Waals surface area contributed by atoms with E-state index in [2.05, 4.69) is 0 Å². The highest BCUT2D eigenvalue weighted by atomic mass is 32.2. The van der Waals surface area contributed by atoms with Gasteiger partial charge >= 0.3 is 11.9 Å². The van der Waals surface area contributed by atoms with Crippen molar-refractivity contribution in [1.29, 1.82) is 0 Å². The first kappa shape index (κ1) is 27.1. The van der Waals surface area contributed by atoms with Gasteiger partial charge in [-0.25, -0.2) is 9.59 Å². The molecular weight excluding hydrogens is 532 g/mol. The number of ether oxygens (including phenoxy) is 2. The lowest BCUT2D eigenvalue weighted by molar-refractivity contribution is -0.385. The van der Waals surface area contributed by atoms with Crippen molar-refractivity contribution in [3.05, 3.63) is 96.1 Å². The molecule has 0 unspecified atom stereocenters. The summed E-state index contributed by atoms with van der Waals surface area (Å²) in [6.45, 7) is 1.55. The molecule has 0 aliphatic carbocycles. The van der Waals surface area contributed by atoms with E-state index in [-0.39, 0.29) is 44.8 Å². The number of methoxy groups -OCH3 is 1. The number of carbonyl (C=O) groups excluding carboxylic acids is 3. The Labute approximate surface area is 223 Å². The normalized spacial score (nSPS) is 15.0. The van der Waals surface area contributed by atoms with Gasteiger partial charge in [-0.3, -0.25) is 29.6 Å². The van der Waals surface area contributed by atoms with E-state index in [9.17, 15) is 34.6 Å². The van der Waals surface area contributed by atoms with Crippen LogP contribution in [0.4, 0.5) is 17.1 Å². The highest BCUT2D eigenvalue weighted by Gasteiger charge is 2.38. The number of aromatic nitrogens is 1. The van der Waals surface area contributed by atoms with Crippen LogP contribution in [0.15, 0.2) is 48.5 Å². The average Bonchev–Trinajstić information content (AvgIpc) is 3.21. The molecule has 39 heavy (non-hydrogen) atoms. The van der Waals surface area contributed by atoms with Gasteiger partial charge in [0.2, 0.25) is 5.91 Å². The van der Waals surface area contributed by atoms with Gasteiger partial charge in [0.25, 0.3) is 11.4 Å². The minimum atomic E-state index is -1.08. The van der Waals surface area contributed by atoms with Crippen molar-refractivity contribution >= 4 is 57.7 Å². The maximum atomic E-state index is 13.9. The summed E-state index contributed by atoms with van der Waals surface area (Å²) in [5, 5.41) is 21.2. The van der Waals surface area contributed by atoms with E-state index in [1.165, 1.54) is 54.6 Å². The van der Waals surface area contributed by atoms with E-state index in [0.29, 0.717) is 11.1 Å². The summed E-state index contributed by atoms with van der Waals surface area (Å²) in [5.74, 6) is -2.37. The van der Waals surface area contributed by atoms with Crippen LogP contribution in [-0.2, 0) is 14.3 Å². The van der Waals surface area contributed by atoms with E-state index < -0.39 is 32.9 Å². The number of rotatable bonds is 7. The molecule has 0 amide bonds. The number of carbonyl (C=O) groups is 3. The molecule has 0 spiro atoms. The smallest absolute Gasteiger partial charge is 0.357 e. The van der Waals surface area contributed by atoms with Gasteiger partial charge in [0.15, 0.2) is 5.69 Å². The summed E-state index contributed by atoms with van der Waals surface area (Å²) < 4.78 is 11.1. The molecule has 2 N–H and O–H groups in total. The molecule has 3 aromatic rings. The number of nitro benzene ring substituents is 2. The van der Waals surface area contributed by atoms with E-state index >= 15 is 0 Å². The van der Waals surface area contributed by atoms with E-state index in [1.54, 1.807) is 6.92 Å². The van der Waals surface area contributed by atoms with Gasteiger partial charge in [-0.05, 0) is 36.3 Å². The summed E-state index contributed by atoms with van der Waals surface area (Å²) in [4.78, 5) is 60.7. The Morgan fingerprint density at radius 2 is 1.59 bits per heavy atom. The molecule has 200 valence electrons. The Morgan fingerprint density at radius 1 is 1.03 bits per heavy atom. The van der Waals surface area contributed by atoms with E-state index in [1.807, 2.05) is 0 Å². The predicted molar refractivity (Wildman–Crippen MR) is 140 cm³/mol. The van der Waals surface area contributed by atoms with Crippen LogP contribution in [0.3, 0.4) is 0 Å². The Morgan fingerprint density at radius 3 is 2.10 bits per heavy atom. The second kappa shape index (κ2) is 10.8. The first-order chi connectivity index (χ1) is 18.6.